The highest BCUT2D eigenvalue weighted by Crippen LogP contribution is 2.42. The Hall–Kier alpha value is -3.08. The minimum atomic E-state index is -4.86. The zero-order valence-corrected chi connectivity index (χ0v) is 15.9. The van der Waals surface area contributed by atoms with Crippen LogP contribution in [0.25, 0.3) is 11.3 Å². The summed E-state index contributed by atoms with van der Waals surface area (Å²) in [6.45, 7) is 1.15. The molecule has 7 nitrogen and oxygen atoms in total. The molecule has 0 bridgehead atoms. The van der Waals surface area contributed by atoms with Crippen LogP contribution in [0.4, 0.5) is 28.0 Å². The fourth-order valence-electron chi connectivity index (χ4n) is 2.29. The first kappa shape index (κ1) is 22.2. The molecule has 1 heterocycles. The van der Waals surface area contributed by atoms with E-state index in [1.807, 2.05) is 0 Å². The summed E-state index contributed by atoms with van der Waals surface area (Å²) < 4.78 is 67.6. The van der Waals surface area contributed by atoms with Gasteiger partial charge in [-0.05, 0) is 18.2 Å². The number of methoxy groups -OCH3 is 2. The summed E-state index contributed by atoms with van der Waals surface area (Å²) in [5, 5.41) is 2.01. The number of anilines is 1. The summed E-state index contributed by atoms with van der Waals surface area (Å²) >= 11 is 6.02. The van der Waals surface area contributed by atoms with Crippen LogP contribution in [0.2, 0.25) is 5.02 Å². The van der Waals surface area contributed by atoms with Crippen molar-refractivity contribution in [2.24, 2.45) is 0 Å². The van der Waals surface area contributed by atoms with E-state index in [9.17, 15) is 27.2 Å². The second kappa shape index (κ2) is 8.52. The molecule has 0 aliphatic rings. The lowest BCUT2D eigenvalue weighted by Crippen LogP contribution is -2.12. The lowest BCUT2D eigenvalue weighted by Gasteiger charge is -2.16. The van der Waals surface area contributed by atoms with E-state index in [1.165, 1.54) is 0 Å². The standard InChI is InChI=1S/C17H13ClF4N2O5/c1-7(25)23-11-6-10(24-15(12(11)18)29-16(26)28-3)8-4-5-9(17(20,21)22)14(27-2)13(8)19/h4-6H,1-3H3,(H,23,24,25). The van der Waals surface area contributed by atoms with Gasteiger partial charge in [-0.1, -0.05) is 11.6 Å². The van der Waals surface area contributed by atoms with E-state index in [0.717, 1.165) is 33.3 Å². The number of ether oxygens (including phenoxy) is 3. The minimum Gasteiger partial charge on any atom is -0.493 e. The van der Waals surface area contributed by atoms with Gasteiger partial charge in [0, 0.05) is 12.5 Å². The van der Waals surface area contributed by atoms with Gasteiger partial charge in [-0.25, -0.2) is 14.2 Å². The van der Waals surface area contributed by atoms with Gasteiger partial charge in [0.15, 0.2) is 11.6 Å². The number of alkyl halides is 3. The van der Waals surface area contributed by atoms with Crippen LogP contribution in [-0.4, -0.2) is 31.3 Å². The molecule has 0 radical (unpaired) electrons. The van der Waals surface area contributed by atoms with Gasteiger partial charge in [-0.3, -0.25) is 4.79 Å². The van der Waals surface area contributed by atoms with Gasteiger partial charge in [-0.15, -0.1) is 0 Å². The second-order valence-electron chi connectivity index (χ2n) is 5.42. The molecule has 29 heavy (non-hydrogen) atoms. The predicted molar refractivity (Wildman–Crippen MR) is 93.5 cm³/mol. The number of carbonyl (C=O) groups excluding carboxylic acids is 2. The fourth-order valence-corrected chi connectivity index (χ4v) is 2.47. The van der Waals surface area contributed by atoms with Crippen LogP contribution in [-0.2, 0) is 15.7 Å². The Morgan fingerprint density at radius 3 is 2.38 bits per heavy atom. The van der Waals surface area contributed by atoms with Crippen molar-refractivity contribution in [3.05, 3.63) is 34.6 Å². The van der Waals surface area contributed by atoms with Gasteiger partial charge >= 0.3 is 12.3 Å². The van der Waals surface area contributed by atoms with Gasteiger partial charge in [0.05, 0.1) is 25.6 Å². The predicted octanol–water partition coefficient (Wildman–Crippen LogP) is 4.67. The van der Waals surface area contributed by atoms with E-state index >= 15 is 0 Å². The number of pyridine rings is 1. The largest absolute Gasteiger partial charge is 0.514 e. The van der Waals surface area contributed by atoms with Crippen LogP contribution in [0.1, 0.15) is 12.5 Å². The Balaban J connectivity index is 2.71. The van der Waals surface area contributed by atoms with Crippen LogP contribution < -0.4 is 14.8 Å². The normalized spacial score (nSPS) is 11.0. The number of nitrogens with one attached hydrogen (secondary N) is 1. The minimum absolute atomic E-state index is 0.124. The number of carbonyl (C=O) groups is 2. The molecular weight excluding hydrogens is 424 g/mol. The molecule has 0 aliphatic heterocycles. The van der Waals surface area contributed by atoms with Crippen molar-refractivity contribution in [1.29, 1.82) is 0 Å². The molecule has 0 atom stereocenters. The maximum atomic E-state index is 14.8. The zero-order chi connectivity index (χ0) is 21.9. The van der Waals surface area contributed by atoms with Crippen molar-refractivity contribution in [3.8, 4) is 22.9 Å². The Morgan fingerprint density at radius 1 is 1.21 bits per heavy atom. The topological polar surface area (TPSA) is 86.8 Å². The van der Waals surface area contributed by atoms with Crippen molar-refractivity contribution in [2.75, 3.05) is 19.5 Å². The van der Waals surface area contributed by atoms with Crippen LogP contribution in [0, 0.1) is 5.82 Å². The molecule has 0 aliphatic carbocycles. The second-order valence-corrected chi connectivity index (χ2v) is 5.80. The van der Waals surface area contributed by atoms with Crippen LogP contribution in [0.15, 0.2) is 18.2 Å². The van der Waals surface area contributed by atoms with Gasteiger partial charge in [0.2, 0.25) is 11.8 Å². The summed E-state index contributed by atoms with van der Waals surface area (Å²) in [7, 11) is 1.89. The van der Waals surface area contributed by atoms with Gasteiger partial charge < -0.3 is 19.5 Å². The molecule has 1 aromatic carbocycles. The molecular formula is C17H13ClF4N2O5. The third-order valence-electron chi connectivity index (χ3n) is 3.47. The quantitative estimate of drug-likeness (QED) is 0.553. The average molecular weight is 437 g/mol. The smallest absolute Gasteiger partial charge is 0.493 e. The highest BCUT2D eigenvalue weighted by Gasteiger charge is 2.36. The maximum absolute atomic E-state index is 14.8. The van der Waals surface area contributed by atoms with Gasteiger partial charge in [-0.2, -0.15) is 13.2 Å². The van der Waals surface area contributed by atoms with Crippen LogP contribution >= 0.6 is 11.6 Å². The van der Waals surface area contributed by atoms with E-state index in [0.29, 0.717) is 6.07 Å². The molecule has 0 unspecified atom stereocenters. The summed E-state index contributed by atoms with van der Waals surface area (Å²) in [6, 6.07) is 2.52. The summed E-state index contributed by atoms with van der Waals surface area (Å²) in [4.78, 5) is 26.6. The molecule has 1 amide bonds. The lowest BCUT2D eigenvalue weighted by atomic mass is 10.0. The number of hydrogen-bond donors (Lipinski definition) is 1. The third-order valence-corrected chi connectivity index (χ3v) is 3.83. The molecule has 156 valence electrons. The zero-order valence-electron chi connectivity index (χ0n) is 15.1. The maximum Gasteiger partial charge on any atom is 0.514 e. The molecule has 1 aromatic heterocycles. The number of rotatable bonds is 4. The number of benzene rings is 1. The Morgan fingerprint density at radius 2 is 1.86 bits per heavy atom. The Bertz CT molecular complexity index is 966. The molecule has 12 heteroatoms. The molecule has 1 N–H and O–H groups in total. The Kier molecular flexibility index (Phi) is 6.52. The lowest BCUT2D eigenvalue weighted by molar-refractivity contribution is -0.139. The van der Waals surface area contributed by atoms with Gasteiger partial charge in [0.1, 0.15) is 10.6 Å². The monoisotopic (exact) mass is 436 g/mol. The first-order valence-corrected chi connectivity index (χ1v) is 8.05. The van der Waals surface area contributed by atoms with E-state index in [2.05, 4.69) is 19.8 Å². The molecule has 2 rings (SSSR count). The number of hydrogen-bond acceptors (Lipinski definition) is 6. The molecule has 0 saturated carbocycles. The molecule has 0 spiro atoms. The summed E-state index contributed by atoms with van der Waals surface area (Å²) in [5.74, 6) is -3.55. The molecule has 2 aromatic rings. The van der Waals surface area contributed by atoms with E-state index in [-0.39, 0.29) is 16.4 Å². The first-order valence-electron chi connectivity index (χ1n) is 7.67. The summed E-state index contributed by atoms with van der Waals surface area (Å²) in [5.41, 5.74) is -2.17. The van der Waals surface area contributed by atoms with E-state index < -0.39 is 46.8 Å². The molecule has 0 saturated heterocycles. The van der Waals surface area contributed by atoms with Crippen LogP contribution in [0.5, 0.6) is 11.6 Å². The van der Waals surface area contributed by atoms with Crippen molar-refractivity contribution >= 4 is 29.4 Å². The fraction of sp³-hybridized carbons (Fsp3) is 0.235. The number of aromatic nitrogens is 1. The van der Waals surface area contributed by atoms with Crippen LogP contribution in [0.3, 0.4) is 0 Å². The SMILES string of the molecule is COC(=O)Oc1nc(-c2ccc(C(F)(F)F)c(OC)c2F)cc(NC(C)=O)c1Cl. The van der Waals surface area contributed by atoms with E-state index in [4.69, 9.17) is 16.3 Å². The first-order chi connectivity index (χ1) is 13.5. The van der Waals surface area contributed by atoms with Crippen molar-refractivity contribution in [2.45, 2.75) is 13.1 Å². The third kappa shape index (κ3) is 4.86. The number of halogens is 5. The highest BCUT2D eigenvalue weighted by atomic mass is 35.5. The highest BCUT2D eigenvalue weighted by molar-refractivity contribution is 6.35. The van der Waals surface area contributed by atoms with Crippen molar-refractivity contribution < 1.29 is 41.4 Å². The average Bonchev–Trinajstić information content (AvgIpc) is 2.63. The number of amides is 1. The van der Waals surface area contributed by atoms with Crippen molar-refractivity contribution in [3.63, 3.8) is 0 Å². The van der Waals surface area contributed by atoms with Gasteiger partial charge in [0.25, 0.3) is 0 Å². The van der Waals surface area contributed by atoms with E-state index in [1.54, 1.807) is 0 Å². The van der Waals surface area contributed by atoms with Crippen molar-refractivity contribution in [1.82, 2.24) is 4.98 Å². The Labute approximate surface area is 166 Å². The summed E-state index contributed by atoms with van der Waals surface area (Å²) in [6.07, 6.45) is -6.07. The number of nitrogens with zero attached hydrogens (tertiary/aromatic N) is 1. The molecule has 0 fully saturated rings.